The van der Waals surface area contributed by atoms with Crippen molar-refractivity contribution in [1.82, 2.24) is 10.6 Å². The van der Waals surface area contributed by atoms with E-state index in [0.717, 1.165) is 37.3 Å². The van der Waals surface area contributed by atoms with Gasteiger partial charge < -0.3 is 25.2 Å². The van der Waals surface area contributed by atoms with Crippen molar-refractivity contribution in [1.29, 1.82) is 0 Å². The fourth-order valence-corrected chi connectivity index (χ4v) is 2.70. The van der Waals surface area contributed by atoms with Gasteiger partial charge in [-0.05, 0) is 45.8 Å². The van der Waals surface area contributed by atoms with Gasteiger partial charge in [-0.2, -0.15) is 11.8 Å². The van der Waals surface area contributed by atoms with Crippen LogP contribution in [0.4, 0.5) is 4.79 Å². The molecule has 0 aromatic rings. The summed E-state index contributed by atoms with van der Waals surface area (Å²) in [6.45, 7) is 7.99. The highest BCUT2D eigenvalue weighted by molar-refractivity contribution is 7.99. The second-order valence-corrected chi connectivity index (χ2v) is 7.59. The first kappa shape index (κ1) is 22.5. The maximum atomic E-state index is 11.5. The summed E-state index contributed by atoms with van der Waals surface area (Å²) in [5, 5.41) is 15.0. The van der Waals surface area contributed by atoms with Gasteiger partial charge in [0.25, 0.3) is 0 Å². The number of rotatable bonds is 13. The molecule has 7 heteroatoms. The zero-order valence-electron chi connectivity index (χ0n) is 15.0. The molecule has 6 nitrogen and oxygen atoms in total. The number of amides is 1. The molecule has 1 amide bonds. The fourth-order valence-electron chi connectivity index (χ4n) is 1.90. The number of carbonyl (C=O) groups is 1. The molecule has 0 spiro atoms. The Bertz CT molecular complexity index is 298. The van der Waals surface area contributed by atoms with E-state index < -0.39 is 5.60 Å². The van der Waals surface area contributed by atoms with Crippen LogP contribution in [-0.4, -0.2) is 67.8 Å². The van der Waals surface area contributed by atoms with Crippen molar-refractivity contribution in [2.75, 3.05) is 44.9 Å². The molecule has 0 saturated carbocycles. The Morgan fingerprint density at radius 3 is 2.57 bits per heavy atom. The number of aliphatic hydroxyl groups excluding tert-OH is 1. The Morgan fingerprint density at radius 1 is 1.22 bits per heavy atom. The number of thioether (sulfide) groups is 1. The van der Waals surface area contributed by atoms with Gasteiger partial charge >= 0.3 is 6.09 Å². The van der Waals surface area contributed by atoms with E-state index in [9.17, 15) is 4.79 Å². The smallest absolute Gasteiger partial charge is 0.407 e. The van der Waals surface area contributed by atoms with Crippen molar-refractivity contribution in [2.45, 2.75) is 51.7 Å². The highest BCUT2D eigenvalue weighted by atomic mass is 32.2. The molecule has 0 aliphatic rings. The van der Waals surface area contributed by atoms with Gasteiger partial charge in [-0.3, -0.25) is 0 Å². The predicted octanol–water partition coefficient (Wildman–Crippen LogP) is 2.01. The largest absolute Gasteiger partial charge is 0.444 e. The fraction of sp³-hybridized carbons (Fsp3) is 0.938. The first-order valence-corrected chi connectivity index (χ1v) is 9.42. The summed E-state index contributed by atoms with van der Waals surface area (Å²) in [5.74, 6) is 2.02. The molecule has 0 saturated heterocycles. The molecule has 0 fully saturated rings. The lowest BCUT2D eigenvalue weighted by atomic mass is 10.1. The Balaban J connectivity index is 3.73. The van der Waals surface area contributed by atoms with Crippen LogP contribution in [0, 0.1) is 0 Å². The molecule has 0 bridgehead atoms. The number of carbonyl (C=O) groups excluding carboxylic acids is 1. The van der Waals surface area contributed by atoms with E-state index in [1.54, 1.807) is 7.11 Å². The van der Waals surface area contributed by atoms with E-state index in [1.807, 2.05) is 32.5 Å². The second-order valence-electron chi connectivity index (χ2n) is 6.37. The highest BCUT2D eigenvalue weighted by Gasteiger charge is 2.15. The summed E-state index contributed by atoms with van der Waals surface area (Å²) >= 11 is 1.84. The lowest BCUT2D eigenvalue weighted by Crippen LogP contribution is -2.36. The first-order valence-electron chi connectivity index (χ1n) is 8.27. The molecule has 1 atom stereocenters. The third-order valence-corrected chi connectivity index (χ3v) is 3.96. The van der Waals surface area contributed by atoms with Crippen LogP contribution >= 0.6 is 11.8 Å². The van der Waals surface area contributed by atoms with Gasteiger partial charge in [0.05, 0.1) is 6.61 Å². The summed E-state index contributed by atoms with van der Waals surface area (Å²) in [7, 11) is 1.70. The molecule has 0 aromatic carbocycles. The lowest BCUT2D eigenvalue weighted by Gasteiger charge is -2.20. The normalized spacial score (nSPS) is 12.9. The van der Waals surface area contributed by atoms with Gasteiger partial charge in [-0.1, -0.05) is 0 Å². The summed E-state index contributed by atoms with van der Waals surface area (Å²) in [6.07, 6.45) is 2.29. The topological polar surface area (TPSA) is 79.8 Å². The van der Waals surface area contributed by atoms with Gasteiger partial charge in [-0.25, -0.2) is 4.79 Å². The molecular weight excluding hydrogens is 316 g/mol. The molecule has 0 heterocycles. The lowest BCUT2D eigenvalue weighted by molar-refractivity contribution is 0.0526. The molecule has 23 heavy (non-hydrogen) atoms. The summed E-state index contributed by atoms with van der Waals surface area (Å²) < 4.78 is 10.4. The Labute approximate surface area is 145 Å². The SMILES string of the molecule is COCC(CCCNC(=O)OC(C)(C)C)NCCSCCCO. The zero-order chi connectivity index (χ0) is 17.6. The van der Waals surface area contributed by atoms with Gasteiger partial charge in [-0.15, -0.1) is 0 Å². The quantitative estimate of drug-likeness (QED) is 0.441. The minimum Gasteiger partial charge on any atom is -0.444 e. The van der Waals surface area contributed by atoms with Crippen molar-refractivity contribution < 1.29 is 19.4 Å². The number of aliphatic hydroxyl groups is 1. The van der Waals surface area contributed by atoms with E-state index in [2.05, 4.69) is 10.6 Å². The van der Waals surface area contributed by atoms with Crippen molar-refractivity contribution >= 4 is 17.9 Å². The molecule has 1 unspecified atom stereocenters. The van der Waals surface area contributed by atoms with E-state index in [1.165, 1.54) is 0 Å². The summed E-state index contributed by atoms with van der Waals surface area (Å²) in [6, 6.07) is 0.291. The summed E-state index contributed by atoms with van der Waals surface area (Å²) in [4.78, 5) is 11.5. The maximum absolute atomic E-state index is 11.5. The van der Waals surface area contributed by atoms with Crippen molar-refractivity contribution in [3.05, 3.63) is 0 Å². The Hall–Kier alpha value is -0.500. The third-order valence-electron chi connectivity index (χ3n) is 2.89. The van der Waals surface area contributed by atoms with Crippen LogP contribution in [0.5, 0.6) is 0 Å². The minimum absolute atomic E-state index is 0.261. The number of alkyl carbamates (subject to hydrolysis) is 1. The number of ether oxygens (including phenoxy) is 2. The van der Waals surface area contributed by atoms with Crippen LogP contribution in [-0.2, 0) is 9.47 Å². The molecule has 138 valence electrons. The average Bonchev–Trinajstić information content (AvgIpc) is 2.45. The second kappa shape index (κ2) is 13.9. The number of methoxy groups -OCH3 is 1. The van der Waals surface area contributed by atoms with E-state index in [0.29, 0.717) is 19.2 Å². The van der Waals surface area contributed by atoms with E-state index in [-0.39, 0.29) is 12.7 Å². The maximum Gasteiger partial charge on any atom is 0.407 e. The first-order chi connectivity index (χ1) is 10.9. The van der Waals surface area contributed by atoms with Crippen LogP contribution in [0.15, 0.2) is 0 Å². The summed E-state index contributed by atoms with van der Waals surface area (Å²) in [5.41, 5.74) is -0.460. The van der Waals surface area contributed by atoms with Crippen molar-refractivity contribution in [3.63, 3.8) is 0 Å². The molecule has 0 radical (unpaired) electrons. The van der Waals surface area contributed by atoms with E-state index in [4.69, 9.17) is 14.6 Å². The number of nitrogens with one attached hydrogen (secondary N) is 2. The average molecular weight is 351 g/mol. The molecule has 3 N–H and O–H groups in total. The van der Waals surface area contributed by atoms with Gasteiger partial charge in [0.2, 0.25) is 0 Å². The Kier molecular flexibility index (Phi) is 13.6. The third kappa shape index (κ3) is 16.1. The van der Waals surface area contributed by atoms with Crippen LogP contribution in [0.3, 0.4) is 0 Å². The molecule has 0 aliphatic heterocycles. The number of hydrogen-bond acceptors (Lipinski definition) is 6. The van der Waals surface area contributed by atoms with Gasteiger partial charge in [0.1, 0.15) is 5.60 Å². The van der Waals surface area contributed by atoms with Crippen LogP contribution in [0.25, 0.3) is 0 Å². The Morgan fingerprint density at radius 2 is 1.96 bits per heavy atom. The van der Waals surface area contributed by atoms with Gasteiger partial charge in [0, 0.05) is 38.6 Å². The van der Waals surface area contributed by atoms with Crippen molar-refractivity contribution in [2.24, 2.45) is 0 Å². The highest BCUT2D eigenvalue weighted by Crippen LogP contribution is 2.06. The molecular formula is C16H34N2O4S. The van der Waals surface area contributed by atoms with Crippen LogP contribution < -0.4 is 10.6 Å². The zero-order valence-corrected chi connectivity index (χ0v) is 15.8. The van der Waals surface area contributed by atoms with Gasteiger partial charge in [0.15, 0.2) is 0 Å². The molecule has 0 aliphatic carbocycles. The molecule has 0 aromatic heterocycles. The van der Waals surface area contributed by atoms with Crippen molar-refractivity contribution in [3.8, 4) is 0 Å². The predicted molar refractivity (Wildman–Crippen MR) is 96.2 cm³/mol. The van der Waals surface area contributed by atoms with Crippen LogP contribution in [0.2, 0.25) is 0 Å². The standard InChI is InChI=1S/C16H34N2O4S/c1-16(2,3)22-15(20)18-8-5-7-14(13-21-4)17-9-12-23-11-6-10-19/h14,17,19H,5-13H2,1-4H3,(H,18,20). The monoisotopic (exact) mass is 350 g/mol. The number of hydrogen-bond donors (Lipinski definition) is 3. The minimum atomic E-state index is -0.460. The molecule has 0 rings (SSSR count). The van der Waals surface area contributed by atoms with E-state index >= 15 is 0 Å². The van der Waals surface area contributed by atoms with Crippen LogP contribution in [0.1, 0.15) is 40.0 Å².